The molecular weight excluding hydrogens is 348 g/mol. The van der Waals surface area contributed by atoms with Crippen molar-refractivity contribution in [1.82, 2.24) is 0 Å². The minimum absolute atomic E-state index is 0.169. The largest absolute Gasteiger partial charge is 0.482 e. The van der Waals surface area contributed by atoms with Crippen LogP contribution in [0.15, 0.2) is 23.5 Å². The van der Waals surface area contributed by atoms with E-state index in [4.69, 9.17) is 14.6 Å². The van der Waals surface area contributed by atoms with E-state index < -0.39 is 35.8 Å². The molecule has 0 radical (unpaired) electrons. The van der Waals surface area contributed by atoms with Crippen LogP contribution in [0, 0.1) is 0 Å². The molecule has 6 nitrogen and oxygen atoms in total. The van der Waals surface area contributed by atoms with Gasteiger partial charge < -0.3 is 14.6 Å². The molecule has 1 fully saturated rings. The standard InChI is InChI=1S/C21H30O6/c1-3-4-5-6-7-8-9-10-12-21(2)13-11-15(27-21)18-19(24)16(14-17(22)23)26-20(18)25/h11,13,16H,3-10,12,14H2,1-2H3,(H,22,23)/b18-15+/t16-,21+/m0/s1. The second-order valence-corrected chi connectivity index (χ2v) is 7.57. The van der Waals surface area contributed by atoms with Crippen molar-refractivity contribution in [3.8, 4) is 0 Å². The summed E-state index contributed by atoms with van der Waals surface area (Å²) in [6.45, 7) is 4.14. The number of hydrogen-bond acceptors (Lipinski definition) is 5. The van der Waals surface area contributed by atoms with Crippen molar-refractivity contribution in [2.75, 3.05) is 0 Å². The third-order valence-electron chi connectivity index (χ3n) is 5.06. The average Bonchev–Trinajstić information content (AvgIpc) is 3.10. The van der Waals surface area contributed by atoms with Crippen LogP contribution in [-0.4, -0.2) is 34.5 Å². The number of carboxylic acid groups (broad SMARTS) is 1. The summed E-state index contributed by atoms with van der Waals surface area (Å²) in [5.41, 5.74) is -0.715. The minimum Gasteiger partial charge on any atom is -0.482 e. The number of hydrogen-bond donors (Lipinski definition) is 1. The molecule has 27 heavy (non-hydrogen) atoms. The number of carboxylic acids is 1. The Hall–Kier alpha value is -2.11. The number of rotatable bonds is 11. The molecule has 0 saturated carbocycles. The van der Waals surface area contributed by atoms with Crippen LogP contribution in [-0.2, 0) is 23.9 Å². The molecule has 0 spiro atoms. The summed E-state index contributed by atoms with van der Waals surface area (Å²) in [7, 11) is 0. The van der Waals surface area contributed by atoms with Crippen molar-refractivity contribution in [3.63, 3.8) is 0 Å². The van der Waals surface area contributed by atoms with E-state index in [1.165, 1.54) is 38.5 Å². The van der Waals surface area contributed by atoms with Gasteiger partial charge in [-0.15, -0.1) is 0 Å². The van der Waals surface area contributed by atoms with Gasteiger partial charge in [0.25, 0.3) is 0 Å². The van der Waals surface area contributed by atoms with Gasteiger partial charge in [0, 0.05) is 0 Å². The first-order valence-corrected chi connectivity index (χ1v) is 9.96. The highest BCUT2D eigenvalue weighted by Gasteiger charge is 2.44. The molecule has 2 aliphatic heterocycles. The zero-order valence-electron chi connectivity index (χ0n) is 16.3. The molecule has 0 aromatic rings. The topological polar surface area (TPSA) is 89.9 Å². The number of aliphatic carboxylic acids is 1. The van der Waals surface area contributed by atoms with Gasteiger partial charge in [-0.25, -0.2) is 4.79 Å². The number of esters is 1. The third-order valence-corrected chi connectivity index (χ3v) is 5.06. The van der Waals surface area contributed by atoms with Gasteiger partial charge in [0.2, 0.25) is 5.78 Å². The lowest BCUT2D eigenvalue weighted by Crippen LogP contribution is -2.23. The Bertz CT molecular complexity index is 633. The van der Waals surface area contributed by atoms with Crippen molar-refractivity contribution in [2.24, 2.45) is 0 Å². The first kappa shape index (κ1) is 21.2. The summed E-state index contributed by atoms with van der Waals surface area (Å²) in [5.74, 6) is -2.41. The fourth-order valence-electron chi connectivity index (χ4n) is 3.47. The molecule has 150 valence electrons. The molecule has 2 aliphatic rings. The Labute approximate surface area is 160 Å². The van der Waals surface area contributed by atoms with Crippen molar-refractivity contribution < 1.29 is 29.0 Å². The van der Waals surface area contributed by atoms with Crippen molar-refractivity contribution in [1.29, 1.82) is 0 Å². The molecule has 2 rings (SSSR count). The number of Topliss-reactive ketones (excluding diaryl/α,β-unsaturated/α-hetero) is 1. The fraction of sp³-hybridized carbons (Fsp3) is 0.667. The molecule has 0 amide bonds. The van der Waals surface area contributed by atoms with Crippen LogP contribution in [0.4, 0.5) is 0 Å². The summed E-state index contributed by atoms with van der Waals surface area (Å²) < 4.78 is 10.8. The van der Waals surface area contributed by atoms with Crippen LogP contribution >= 0.6 is 0 Å². The number of unbranched alkanes of at least 4 members (excludes halogenated alkanes) is 7. The highest BCUT2D eigenvalue weighted by atomic mass is 16.6. The predicted octanol–water partition coefficient (Wildman–Crippen LogP) is 4.09. The van der Waals surface area contributed by atoms with Crippen LogP contribution < -0.4 is 0 Å². The van der Waals surface area contributed by atoms with E-state index in [-0.39, 0.29) is 11.3 Å². The number of carbonyl (C=O) groups is 3. The summed E-state index contributed by atoms with van der Waals surface area (Å²) in [6.07, 6.45) is 12.3. The predicted molar refractivity (Wildman–Crippen MR) is 100 cm³/mol. The van der Waals surface area contributed by atoms with Gasteiger partial charge in [0.1, 0.15) is 16.9 Å². The van der Waals surface area contributed by atoms with E-state index >= 15 is 0 Å². The summed E-state index contributed by atoms with van der Waals surface area (Å²) >= 11 is 0. The SMILES string of the molecule is CCCCCCCCCC[C@]1(C)C=C/C(=C2\C(=O)O[C@@H](CC(=O)O)C2=O)O1. The number of carbonyl (C=O) groups excluding carboxylic acids is 2. The van der Waals surface area contributed by atoms with E-state index in [9.17, 15) is 14.4 Å². The maximum absolute atomic E-state index is 12.3. The average molecular weight is 378 g/mol. The second kappa shape index (κ2) is 9.72. The lowest BCUT2D eigenvalue weighted by atomic mass is 9.98. The number of ether oxygens (including phenoxy) is 2. The number of cyclic esters (lactones) is 1. The first-order valence-electron chi connectivity index (χ1n) is 9.96. The molecule has 1 saturated heterocycles. The summed E-state index contributed by atoms with van der Waals surface area (Å²) in [5, 5.41) is 8.81. The van der Waals surface area contributed by atoms with Gasteiger partial charge in [-0.1, -0.05) is 51.9 Å². The van der Waals surface area contributed by atoms with E-state index in [1.807, 2.05) is 13.0 Å². The van der Waals surface area contributed by atoms with Gasteiger partial charge in [0.15, 0.2) is 6.10 Å². The van der Waals surface area contributed by atoms with Crippen LogP contribution in [0.3, 0.4) is 0 Å². The molecule has 2 atom stereocenters. The molecule has 0 aromatic carbocycles. The summed E-state index contributed by atoms with van der Waals surface area (Å²) in [6, 6.07) is 0. The molecule has 0 unspecified atom stereocenters. The smallest absolute Gasteiger partial charge is 0.346 e. The Kier molecular flexibility index (Phi) is 7.63. The van der Waals surface area contributed by atoms with Crippen LogP contribution in [0.2, 0.25) is 0 Å². The third kappa shape index (κ3) is 5.94. The fourth-order valence-corrected chi connectivity index (χ4v) is 3.47. The Morgan fingerprint density at radius 3 is 2.37 bits per heavy atom. The minimum atomic E-state index is -1.26. The van der Waals surface area contributed by atoms with Gasteiger partial charge in [-0.05, 0) is 31.9 Å². The van der Waals surface area contributed by atoms with Crippen molar-refractivity contribution >= 4 is 17.7 Å². The van der Waals surface area contributed by atoms with E-state index in [2.05, 4.69) is 6.92 Å². The van der Waals surface area contributed by atoms with Gasteiger partial charge in [-0.3, -0.25) is 9.59 Å². The number of ketones is 1. The van der Waals surface area contributed by atoms with Crippen molar-refractivity contribution in [2.45, 2.75) is 89.8 Å². The number of allylic oxidation sites excluding steroid dienone is 1. The lowest BCUT2D eigenvalue weighted by molar-refractivity contribution is -0.147. The van der Waals surface area contributed by atoms with Crippen LogP contribution in [0.25, 0.3) is 0 Å². The molecule has 2 heterocycles. The molecule has 0 bridgehead atoms. The first-order chi connectivity index (χ1) is 12.9. The Morgan fingerprint density at radius 1 is 1.11 bits per heavy atom. The maximum atomic E-state index is 12.3. The van der Waals surface area contributed by atoms with E-state index in [0.29, 0.717) is 0 Å². The van der Waals surface area contributed by atoms with Gasteiger partial charge in [-0.2, -0.15) is 0 Å². The zero-order valence-corrected chi connectivity index (χ0v) is 16.3. The van der Waals surface area contributed by atoms with Crippen molar-refractivity contribution in [3.05, 3.63) is 23.5 Å². The molecular formula is C21H30O6. The van der Waals surface area contributed by atoms with E-state index in [0.717, 1.165) is 19.3 Å². The zero-order chi connectivity index (χ0) is 19.9. The van der Waals surface area contributed by atoms with Crippen LogP contribution in [0.5, 0.6) is 0 Å². The molecule has 0 aliphatic carbocycles. The quantitative estimate of drug-likeness (QED) is 0.252. The van der Waals surface area contributed by atoms with Crippen LogP contribution in [0.1, 0.15) is 78.1 Å². The summed E-state index contributed by atoms with van der Waals surface area (Å²) in [4.78, 5) is 35.0. The highest BCUT2D eigenvalue weighted by Crippen LogP contribution is 2.35. The van der Waals surface area contributed by atoms with E-state index in [1.54, 1.807) is 6.08 Å². The lowest BCUT2D eigenvalue weighted by Gasteiger charge is -2.23. The molecule has 0 aromatic heterocycles. The maximum Gasteiger partial charge on any atom is 0.346 e. The Morgan fingerprint density at radius 2 is 1.74 bits per heavy atom. The monoisotopic (exact) mass is 378 g/mol. The van der Waals surface area contributed by atoms with Gasteiger partial charge >= 0.3 is 11.9 Å². The highest BCUT2D eigenvalue weighted by molar-refractivity contribution is 6.24. The second-order valence-electron chi connectivity index (χ2n) is 7.57. The Balaban J connectivity index is 1.82. The molecule has 1 N–H and O–H groups in total. The molecule has 6 heteroatoms. The van der Waals surface area contributed by atoms with Gasteiger partial charge in [0.05, 0.1) is 6.42 Å². The normalized spacial score (nSPS) is 27.1.